The van der Waals surface area contributed by atoms with E-state index in [-0.39, 0.29) is 0 Å². The van der Waals surface area contributed by atoms with E-state index < -0.39 is 0 Å². The molecule has 1 aromatic heterocycles. The molecule has 3 nitrogen and oxygen atoms in total. The summed E-state index contributed by atoms with van der Waals surface area (Å²) in [5, 5.41) is 3.45. The summed E-state index contributed by atoms with van der Waals surface area (Å²) in [6.07, 6.45) is 6.31. The Kier molecular flexibility index (Phi) is 3.56. The van der Waals surface area contributed by atoms with Crippen LogP contribution in [0.15, 0.2) is 24.5 Å². The van der Waals surface area contributed by atoms with Crippen molar-refractivity contribution in [1.82, 2.24) is 9.88 Å². The molecule has 0 spiro atoms. The Morgan fingerprint density at radius 1 is 1.47 bits per heavy atom. The SMILES string of the molecule is CN1CCC(CNc2cccnc2)CC1. The number of hydrogen-bond acceptors (Lipinski definition) is 3. The third-order valence-electron chi connectivity index (χ3n) is 3.09. The Morgan fingerprint density at radius 3 is 2.93 bits per heavy atom. The van der Waals surface area contributed by atoms with E-state index in [1.807, 2.05) is 12.3 Å². The van der Waals surface area contributed by atoms with Crippen molar-refractivity contribution >= 4 is 5.69 Å². The Morgan fingerprint density at radius 2 is 2.27 bits per heavy atom. The lowest BCUT2D eigenvalue weighted by Crippen LogP contribution is -2.32. The lowest BCUT2D eigenvalue weighted by Gasteiger charge is -2.29. The number of likely N-dealkylation sites (tertiary alicyclic amines) is 1. The van der Waals surface area contributed by atoms with Gasteiger partial charge in [0, 0.05) is 18.9 Å². The molecule has 2 rings (SSSR count). The van der Waals surface area contributed by atoms with Crippen LogP contribution in [0.4, 0.5) is 5.69 Å². The lowest BCUT2D eigenvalue weighted by atomic mass is 9.97. The molecule has 1 aliphatic rings. The van der Waals surface area contributed by atoms with Crippen LogP contribution in [-0.2, 0) is 0 Å². The fraction of sp³-hybridized carbons (Fsp3) is 0.583. The third kappa shape index (κ3) is 3.20. The minimum Gasteiger partial charge on any atom is -0.384 e. The fourth-order valence-corrected chi connectivity index (χ4v) is 2.00. The molecule has 1 N–H and O–H groups in total. The van der Waals surface area contributed by atoms with Gasteiger partial charge in [-0.25, -0.2) is 0 Å². The first-order valence-corrected chi connectivity index (χ1v) is 5.67. The van der Waals surface area contributed by atoms with E-state index in [4.69, 9.17) is 0 Å². The van der Waals surface area contributed by atoms with Gasteiger partial charge in [-0.2, -0.15) is 0 Å². The van der Waals surface area contributed by atoms with Gasteiger partial charge in [-0.05, 0) is 51.0 Å². The number of piperidine rings is 1. The minimum atomic E-state index is 0.821. The number of nitrogens with zero attached hydrogens (tertiary/aromatic N) is 2. The molecule has 0 aliphatic carbocycles. The van der Waals surface area contributed by atoms with E-state index in [0.717, 1.165) is 18.2 Å². The summed E-state index contributed by atoms with van der Waals surface area (Å²) in [6, 6.07) is 4.04. The van der Waals surface area contributed by atoms with Gasteiger partial charge in [0.1, 0.15) is 0 Å². The van der Waals surface area contributed by atoms with Gasteiger partial charge >= 0.3 is 0 Å². The molecule has 82 valence electrons. The maximum atomic E-state index is 4.09. The van der Waals surface area contributed by atoms with Gasteiger partial charge in [-0.3, -0.25) is 4.98 Å². The van der Waals surface area contributed by atoms with Gasteiger partial charge in [0.15, 0.2) is 0 Å². The molecule has 0 amide bonds. The molecule has 1 aromatic rings. The molecule has 0 unspecified atom stereocenters. The van der Waals surface area contributed by atoms with E-state index in [2.05, 4.69) is 28.3 Å². The molecule has 0 bridgehead atoms. The van der Waals surface area contributed by atoms with Crippen LogP contribution in [0.1, 0.15) is 12.8 Å². The first kappa shape index (κ1) is 10.4. The first-order chi connectivity index (χ1) is 7.34. The highest BCUT2D eigenvalue weighted by Gasteiger charge is 2.15. The normalized spacial score (nSPS) is 19.0. The number of pyridine rings is 1. The molecular formula is C12H19N3. The summed E-state index contributed by atoms with van der Waals surface area (Å²) in [5.74, 6) is 0.821. The highest BCUT2D eigenvalue weighted by molar-refractivity contribution is 5.39. The smallest absolute Gasteiger partial charge is 0.0526 e. The van der Waals surface area contributed by atoms with Crippen molar-refractivity contribution in [3.63, 3.8) is 0 Å². The molecule has 2 heterocycles. The average molecular weight is 205 g/mol. The summed E-state index contributed by atoms with van der Waals surface area (Å²) >= 11 is 0. The van der Waals surface area contributed by atoms with Gasteiger partial charge in [-0.15, -0.1) is 0 Å². The van der Waals surface area contributed by atoms with Gasteiger partial charge in [0.2, 0.25) is 0 Å². The van der Waals surface area contributed by atoms with E-state index in [1.54, 1.807) is 6.20 Å². The molecule has 1 saturated heterocycles. The molecule has 0 atom stereocenters. The highest BCUT2D eigenvalue weighted by Crippen LogP contribution is 2.16. The Balaban J connectivity index is 1.74. The number of hydrogen-bond donors (Lipinski definition) is 1. The van der Waals surface area contributed by atoms with Crippen molar-refractivity contribution in [2.24, 2.45) is 5.92 Å². The summed E-state index contributed by atoms with van der Waals surface area (Å²) in [4.78, 5) is 6.49. The molecule has 15 heavy (non-hydrogen) atoms. The van der Waals surface area contributed by atoms with E-state index in [1.165, 1.54) is 25.9 Å². The van der Waals surface area contributed by atoms with Gasteiger partial charge in [0.05, 0.1) is 5.69 Å². The van der Waals surface area contributed by atoms with Crippen LogP contribution in [0.5, 0.6) is 0 Å². The van der Waals surface area contributed by atoms with Crippen molar-refractivity contribution in [1.29, 1.82) is 0 Å². The van der Waals surface area contributed by atoms with E-state index in [0.29, 0.717) is 0 Å². The first-order valence-electron chi connectivity index (χ1n) is 5.67. The van der Waals surface area contributed by atoms with Crippen LogP contribution in [0.3, 0.4) is 0 Å². The molecule has 0 aromatic carbocycles. The minimum absolute atomic E-state index is 0.821. The van der Waals surface area contributed by atoms with Crippen LogP contribution >= 0.6 is 0 Å². The Hall–Kier alpha value is -1.09. The maximum absolute atomic E-state index is 4.09. The van der Waals surface area contributed by atoms with Crippen LogP contribution in [0.25, 0.3) is 0 Å². The molecular weight excluding hydrogens is 186 g/mol. The van der Waals surface area contributed by atoms with Gasteiger partial charge in [-0.1, -0.05) is 0 Å². The topological polar surface area (TPSA) is 28.2 Å². The monoisotopic (exact) mass is 205 g/mol. The summed E-state index contributed by atoms with van der Waals surface area (Å²) in [5.41, 5.74) is 1.14. The number of nitrogens with one attached hydrogen (secondary N) is 1. The molecule has 1 aliphatic heterocycles. The average Bonchev–Trinajstić information content (AvgIpc) is 2.30. The van der Waals surface area contributed by atoms with E-state index >= 15 is 0 Å². The van der Waals surface area contributed by atoms with E-state index in [9.17, 15) is 0 Å². The highest BCUT2D eigenvalue weighted by atomic mass is 15.1. The predicted molar refractivity (Wildman–Crippen MR) is 62.9 cm³/mol. The van der Waals surface area contributed by atoms with Crippen molar-refractivity contribution in [2.75, 3.05) is 32.0 Å². The number of aromatic nitrogens is 1. The number of rotatable bonds is 3. The lowest BCUT2D eigenvalue weighted by molar-refractivity contribution is 0.226. The summed E-state index contributed by atoms with van der Waals surface area (Å²) in [7, 11) is 2.20. The number of anilines is 1. The van der Waals surface area contributed by atoms with Crippen molar-refractivity contribution in [3.8, 4) is 0 Å². The summed E-state index contributed by atoms with van der Waals surface area (Å²) in [6.45, 7) is 3.55. The fourth-order valence-electron chi connectivity index (χ4n) is 2.00. The quantitative estimate of drug-likeness (QED) is 0.816. The van der Waals surface area contributed by atoms with Crippen molar-refractivity contribution < 1.29 is 0 Å². The zero-order valence-electron chi connectivity index (χ0n) is 9.32. The second-order valence-electron chi connectivity index (χ2n) is 4.37. The molecule has 0 radical (unpaired) electrons. The van der Waals surface area contributed by atoms with Crippen molar-refractivity contribution in [2.45, 2.75) is 12.8 Å². The third-order valence-corrected chi connectivity index (χ3v) is 3.09. The van der Waals surface area contributed by atoms with Gasteiger partial charge < -0.3 is 10.2 Å². The van der Waals surface area contributed by atoms with Gasteiger partial charge in [0.25, 0.3) is 0 Å². The standard InChI is InChI=1S/C12H19N3/c1-15-7-4-11(5-8-15)9-14-12-3-2-6-13-10-12/h2-3,6,10-11,14H,4-5,7-9H2,1H3. The second-order valence-corrected chi connectivity index (χ2v) is 4.37. The second kappa shape index (κ2) is 5.12. The summed E-state index contributed by atoms with van der Waals surface area (Å²) < 4.78 is 0. The van der Waals surface area contributed by atoms with Crippen LogP contribution < -0.4 is 5.32 Å². The Labute approximate surface area is 91.5 Å². The predicted octanol–water partition coefficient (Wildman–Crippen LogP) is 1.84. The maximum Gasteiger partial charge on any atom is 0.0526 e. The van der Waals surface area contributed by atoms with Crippen LogP contribution in [0.2, 0.25) is 0 Å². The largest absolute Gasteiger partial charge is 0.384 e. The Bertz CT molecular complexity index is 278. The molecule has 0 saturated carbocycles. The van der Waals surface area contributed by atoms with Crippen molar-refractivity contribution in [3.05, 3.63) is 24.5 Å². The zero-order valence-corrected chi connectivity index (χ0v) is 9.32. The molecule has 1 fully saturated rings. The zero-order chi connectivity index (χ0) is 10.5. The van der Waals surface area contributed by atoms with Crippen LogP contribution in [-0.4, -0.2) is 36.6 Å². The molecule has 3 heteroatoms. The van der Waals surface area contributed by atoms with Crippen LogP contribution in [0, 0.1) is 5.92 Å².